The fraction of sp³-hybridized carbons (Fsp3) is 0.235. The zero-order valence-electron chi connectivity index (χ0n) is 25.2. The van der Waals surface area contributed by atoms with E-state index in [9.17, 15) is 18.0 Å². The Morgan fingerprint density at radius 3 is 2.02 bits per heavy atom. The number of sulfonamides is 1. The van der Waals surface area contributed by atoms with Crippen molar-refractivity contribution in [1.29, 1.82) is 0 Å². The monoisotopic (exact) mass is 667 g/mol. The third kappa shape index (κ3) is 8.78. The van der Waals surface area contributed by atoms with E-state index < -0.39 is 28.5 Å². The standard InChI is InChI=1S/C34H35Cl2N3O5S/c1-4-24(2)37-34(41)25(3)38(22-26-15-20-31(35)32(36)21-26)33(40)23-39(45(42,43)30-13-9-6-10-14-30)27-16-18-29(19-17-27)44-28-11-7-5-8-12-28/h5-21,24-25H,4,22-23H2,1-3H3,(H,37,41)/t24-,25+/m0/s1. The second kappa shape index (κ2) is 15.3. The van der Waals surface area contributed by atoms with Crippen molar-refractivity contribution in [1.82, 2.24) is 10.2 Å². The van der Waals surface area contributed by atoms with Gasteiger partial charge in [0.25, 0.3) is 10.0 Å². The van der Waals surface area contributed by atoms with E-state index in [1.165, 1.54) is 17.0 Å². The molecule has 8 nitrogen and oxygen atoms in total. The third-order valence-corrected chi connectivity index (χ3v) is 9.75. The predicted octanol–water partition coefficient (Wildman–Crippen LogP) is 7.31. The number of hydrogen-bond acceptors (Lipinski definition) is 5. The molecular formula is C34H35Cl2N3O5S. The molecule has 0 radical (unpaired) electrons. The zero-order valence-corrected chi connectivity index (χ0v) is 27.5. The maximum Gasteiger partial charge on any atom is 0.264 e. The van der Waals surface area contributed by atoms with Gasteiger partial charge in [0.2, 0.25) is 11.8 Å². The number of ether oxygens (including phenoxy) is 1. The summed E-state index contributed by atoms with van der Waals surface area (Å²) < 4.78 is 34.9. The number of amides is 2. The van der Waals surface area contributed by atoms with Gasteiger partial charge in [0.15, 0.2) is 0 Å². The second-order valence-corrected chi connectivity index (χ2v) is 13.2. The Labute approximate surface area is 274 Å². The largest absolute Gasteiger partial charge is 0.457 e. The van der Waals surface area contributed by atoms with Crippen LogP contribution in [0, 0.1) is 0 Å². The summed E-state index contributed by atoms with van der Waals surface area (Å²) in [7, 11) is -4.20. The van der Waals surface area contributed by atoms with E-state index in [4.69, 9.17) is 27.9 Å². The molecule has 4 rings (SSSR count). The van der Waals surface area contributed by atoms with Crippen LogP contribution in [0.5, 0.6) is 11.5 Å². The summed E-state index contributed by atoms with van der Waals surface area (Å²) in [5.41, 5.74) is 0.875. The van der Waals surface area contributed by atoms with Gasteiger partial charge in [-0.3, -0.25) is 13.9 Å². The molecule has 0 spiro atoms. The van der Waals surface area contributed by atoms with Crippen molar-refractivity contribution >= 4 is 50.7 Å². The minimum atomic E-state index is -4.20. The van der Waals surface area contributed by atoms with Gasteiger partial charge in [0, 0.05) is 12.6 Å². The van der Waals surface area contributed by atoms with Gasteiger partial charge in [0.05, 0.1) is 20.6 Å². The van der Waals surface area contributed by atoms with E-state index in [1.54, 1.807) is 79.7 Å². The Hall–Kier alpha value is -4.05. The Kier molecular flexibility index (Phi) is 11.5. The normalized spacial score (nSPS) is 12.6. The first-order chi connectivity index (χ1) is 21.5. The fourth-order valence-electron chi connectivity index (χ4n) is 4.44. The first-order valence-corrected chi connectivity index (χ1v) is 16.6. The van der Waals surface area contributed by atoms with Crippen LogP contribution in [0.1, 0.15) is 32.8 Å². The number of nitrogens with one attached hydrogen (secondary N) is 1. The fourth-order valence-corrected chi connectivity index (χ4v) is 6.19. The molecular weight excluding hydrogens is 633 g/mol. The minimum Gasteiger partial charge on any atom is -0.457 e. The molecule has 2 amide bonds. The van der Waals surface area contributed by atoms with Gasteiger partial charge < -0.3 is 15.0 Å². The molecule has 1 N–H and O–H groups in total. The molecule has 0 bridgehead atoms. The molecule has 4 aromatic carbocycles. The number of halogens is 2. The van der Waals surface area contributed by atoms with Crippen LogP contribution in [0.3, 0.4) is 0 Å². The topological polar surface area (TPSA) is 96.0 Å². The molecule has 0 saturated heterocycles. The highest BCUT2D eigenvalue weighted by Gasteiger charge is 2.33. The number of benzene rings is 4. The average Bonchev–Trinajstić information content (AvgIpc) is 3.04. The van der Waals surface area contributed by atoms with Crippen molar-refractivity contribution in [2.24, 2.45) is 0 Å². The third-order valence-electron chi connectivity index (χ3n) is 7.22. The molecule has 0 fully saturated rings. The van der Waals surface area contributed by atoms with Gasteiger partial charge in [-0.1, -0.05) is 72.6 Å². The first-order valence-electron chi connectivity index (χ1n) is 14.4. The smallest absolute Gasteiger partial charge is 0.264 e. The van der Waals surface area contributed by atoms with E-state index >= 15 is 0 Å². The highest BCUT2D eigenvalue weighted by atomic mass is 35.5. The second-order valence-electron chi connectivity index (χ2n) is 10.5. The highest BCUT2D eigenvalue weighted by molar-refractivity contribution is 7.92. The van der Waals surface area contributed by atoms with Crippen LogP contribution in [0.4, 0.5) is 5.69 Å². The summed E-state index contributed by atoms with van der Waals surface area (Å²) in [6.07, 6.45) is 0.701. The quantitative estimate of drug-likeness (QED) is 0.161. The van der Waals surface area contributed by atoms with Gasteiger partial charge >= 0.3 is 0 Å². The molecule has 11 heteroatoms. The SMILES string of the molecule is CC[C@H](C)NC(=O)[C@@H](C)N(Cc1ccc(Cl)c(Cl)c1)C(=O)CN(c1ccc(Oc2ccccc2)cc1)S(=O)(=O)c1ccccc1. The van der Waals surface area contributed by atoms with Gasteiger partial charge in [-0.2, -0.15) is 0 Å². The van der Waals surface area contributed by atoms with Crippen molar-refractivity contribution in [3.05, 3.63) is 119 Å². The van der Waals surface area contributed by atoms with Crippen LogP contribution in [0.25, 0.3) is 0 Å². The lowest BCUT2D eigenvalue weighted by atomic mass is 10.1. The van der Waals surface area contributed by atoms with Crippen LogP contribution < -0.4 is 14.4 Å². The maximum absolute atomic E-state index is 14.1. The highest BCUT2D eigenvalue weighted by Crippen LogP contribution is 2.29. The van der Waals surface area contributed by atoms with Crippen LogP contribution >= 0.6 is 23.2 Å². The number of carbonyl (C=O) groups is 2. The van der Waals surface area contributed by atoms with E-state index in [1.807, 2.05) is 32.0 Å². The summed E-state index contributed by atoms with van der Waals surface area (Å²) in [6, 6.07) is 27.4. The lowest BCUT2D eigenvalue weighted by Crippen LogP contribution is -2.52. The Morgan fingerprint density at radius 2 is 1.42 bits per heavy atom. The summed E-state index contributed by atoms with van der Waals surface area (Å²) in [4.78, 5) is 28.7. The van der Waals surface area contributed by atoms with Crippen LogP contribution in [0.2, 0.25) is 10.0 Å². The zero-order chi connectivity index (χ0) is 32.6. The number of nitrogens with zero attached hydrogens (tertiary/aromatic N) is 2. The van der Waals surface area contributed by atoms with Crippen molar-refractivity contribution in [2.45, 2.75) is 50.7 Å². The molecule has 4 aromatic rings. The molecule has 236 valence electrons. The number of carbonyl (C=O) groups excluding carboxylic acids is 2. The van der Waals surface area contributed by atoms with Crippen molar-refractivity contribution in [3.8, 4) is 11.5 Å². The van der Waals surface area contributed by atoms with Gasteiger partial charge in [0.1, 0.15) is 24.1 Å². The molecule has 0 aliphatic rings. The van der Waals surface area contributed by atoms with E-state index in [0.717, 1.165) is 4.31 Å². The van der Waals surface area contributed by atoms with Crippen LogP contribution in [-0.4, -0.2) is 43.8 Å². The number of rotatable bonds is 13. The van der Waals surface area contributed by atoms with Crippen LogP contribution in [-0.2, 0) is 26.2 Å². The van der Waals surface area contributed by atoms with Crippen LogP contribution in [0.15, 0.2) is 108 Å². The Morgan fingerprint density at radius 1 is 0.822 bits per heavy atom. The molecule has 0 saturated carbocycles. The summed E-state index contributed by atoms with van der Waals surface area (Å²) >= 11 is 12.4. The molecule has 2 atom stereocenters. The summed E-state index contributed by atoms with van der Waals surface area (Å²) in [5.74, 6) is 0.163. The molecule has 0 aromatic heterocycles. The maximum atomic E-state index is 14.1. The molecule has 0 unspecified atom stereocenters. The molecule has 0 aliphatic heterocycles. The minimum absolute atomic E-state index is 0.00606. The van der Waals surface area contributed by atoms with Crippen molar-refractivity contribution < 1.29 is 22.7 Å². The van der Waals surface area contributed by atoms with Crippen molar-refractivity contribution in [2.75, 3.05) is 10.8 Å². The van der Waals surface area contributed by atoms with E-state index in [2.05, 4.69) is 5.32 Å². The first kappa shape index (κ1) is 33.8. The van der Waals surface area contributed by atoms with Crippen molar-refractivity contribution in [3.63, 3.8) is 0 Å². The number of anilines is 1. The van der Waals surface area contributed by atoms with Gasteiger partial charge in [-0.15, -0.1) is 0 Å². The lowest BCUT2D eigenvalue weighted by Gasteiger charge is -2.32. The van der Waals surface area contributed by atoms with Gasteiger partial charge in [-0.25, -0.2) is 8.42 Å². The lowest BCUT2D eigenvalue weighted by molar-refractivity contribution is -0.139. The molecule has 45 heavy (non-hydrogen) atoms. The Bertz CT molecular complexity index is 1710. The molecule has 0 heterocycles. The molecule has 0 aliphatic carbocycles. The summed E-state index contributed by atoms with van der Waals surface area (Å²) in [5, 5.41) is 3.56. The van der Waals surface area contributed by atoms with Gasteiger partial charge in [-0.05, 0) is 86.5 Å². The average molecular weight is 669 g/mol. The van der Waals surface area contributed by atoms with E-state index in [-0.39, 0.29) is 29.1 Å². The summed E-state index contributed by atoms with van der Waals surface area (Å²) in [6.45, 7) is 4.84. The van der Waals surface area contributed by atoms with E-state index in [0.29, 0.717) is 33.5 Å². The number of hydrogen-bond donors (Lipinski definition) is 1. The predicted molar refractivity (Wildman–Crippen MR) is 178 cm³/mol. The number of para-hydroxylation sites is 1. The Balaban J connectivity index is 1.70.